The van der Waals surface area contributed by atoms with Gasteiger partial charge in [0, 0.05) is 0 Å². The number of benzene rings is 1. The lowest BCUT2D eigenvalue weighted by atomic mass is 10.0. The van der Waals surface area contributed by atoms with Crippen molar-refractivity contribution in [3.63, 3.8) is 0 Å². The number of methoxy groups -OCH3 is 1. The maximum absolute atomic E-state index is 12.2. The SMILES string of the molecule is CCCCCCCCCCCCCCCCOC(=O)c1ccccc1C(=O)OC. The van der Waals surface area contributed by atoms with Crippen LogP contribution in [0.3, 0.4) is 0 Å². The van der Waals surface area contributed by atoms with Crippen LogP contribution in [-0.2, 0) is 9.47 Å². The summed E-state index contributed by atoms with van der Waals surface area (Å²) in [5, 5.41) is 0. The molecule has 0 aliphatic carbocycles. The van der Waals surface area contributed by atoms with Crippen molar-refractivity contribution in [2.24, 2.45) is 0 Å². The standard InChI is InChI=1S/C25H40O4/c1-3-4-5-6-7-8-9-10-11-12-13-14-15-18-21-29-25(27)23-20-17-16-19-22(23)24(26)28-2/h16-17,19-20H,3-15,18,21H2,1-2H3. The predicted octanol–water partition coefficient (Wildman–Crippen LogP) is 7.11. The Morgan fingerprint density at radius 3 is 1.52 bits per heavy atom. The number of rotatable bonds is 17. The number of esters is 2. The van der Waals surface area contributed by atoms with Gasteiger partial charge in [-0.1, -0.05) is 103 Å². The van der Waals surface area contributed by atoms with Crippen molar-refractivity contribution in [1.29, 1.82) is 0 Å². The number of unbranched alkanes of at least 4 members (excludes halogenated alkanes) is 13. The van der Waals surface area contributed by atoms with Gasteiger partial charge in [-0.05, 0) is 18.6 Å². The van der Waals surface area contributed by atoms with Gasteiger partial charge in [-0.15, -0.1) is 0 Å². The summed E-state index contributed by atoms with van der Waals surface area (Å²) in [6.07, 6.45) is 18.1. The largest absolute Gasteiger partial charge is 0.465 e. The molecule has 0 atom stereocenters. The van der Waals surface area contributed by atoms with Crippen LogP contribution in [0.5, 0.6) is 0 Å². The van der Waals surface area contributed by atoms with Crippen LogP contribution in [0.4, 0.5) is 0 Å². The van der Waals surface area contributed by atoms with Crippen LogP contribution < -0.4 is 0 Å². The first kappa shape index (κ1) is 25.2. The predicted molar refractivity (Wildman–Crippen MR) is 118 cm³/mol. The molecule has 0 unspecified atom stereocenters. The molecule has 0 fully saturated rings. The van der Waals surface area contributed by atoms with Crippen LogP contribution in [0.2, 0.25) is 0 Å². The molecule has 0 heterocycles. The summed E-state index contributed by atoms with van der Waals surface area (Å²) in [4.78, 5) is 23.9. The zero-order valence-electron chi connectivity index (χ0n) is 18.5. The summed E-state index contributed by atoms with van der Waals surface area (Å²) in [5.41, 5.74) is 0.519. The molecule has 1 aromatic carbocycles. The van der Waals surface area contributed by atoms with Crippen LogP contribution in [0.25, 0.3) is 0 Å². The number of carbonyl (C=O) groups is 2. The van der Waals surface area contributed by atoms with Gasteiger partial charge in [-0.3, -0.25) is 0 Å². The summed E-state index contributed by atoms with van der Waals surface area (Å²) in [5.74, 6) is -0.977. The van der Waals surface area contributed by atoms with E-state index in [0.29, 0.717) is 6.61 Å². The highest BCUT2D eigenvalue weighted by Gasteiger charge is 2.17. The lowest BCUT2D eigenvalue weighted by Gasteiger charge is -2.08. The van der Waals surface area contributed by atoms with E-state index in [0.717, 1.165) is 12.8 Å². The number of ether oxygens (including phenoxy) is 2. The van der Waals surface area contributed by atoms with Gasteiger partial charge in [0.05, 0.1) is 24.8 Å². The fourth-order valence-corrected chi connectivity index (χ4v) is 3.49. The van der Waals surface area contributed by atoms with Crippen molar-refractivity contribution in [3.05, 3.63) is 35.4 Å². The van der Waals surface area contributed by atoms with E-state index >= 15 is 0 Å². The minimum Gasteiger partial charge on any atom is -0.465 e. The average molecular weight is 405 g/mol. The summed E-state index contributed by atoms with van der Waals surface area (Å²) in [7, 11) is 1.30. The maximum atomic E-state index is 12.2. The van der Waals surface area contributed by atoms with Crippen molar-refractivity contribution >= 4 is 11.9 Å². The molecule has 0 saturated carbocycles. The van der Waals surface area contributed by atoms with E-state index in [2.05, 4.69) is 6.92 Å². The Balaban J connectivity index is 1.99. The normalized spacial score (nSPS) is 10.7. The molecule has 0 aromatic heterocycles. The fraction of sp³-hybridized carbons (Fsp3) is 0.680. The molecular formula is C25H40O4. The lowest BCUT2D eigenvalue weighted by Crippen LogP contribution is -2.13. The molecule has 0 bridgehead atoms. The smallest absolute Gasteiger partial charge is 0.339 e. The van der Waals surface area contributed by atoms with E-state index in [9.17, 15) is 9.59 Å². The van der Waals surface area contributed by atoms with Crippen molar-refractivity contribution in [1.82, 2.24) is 0 Å². The first-order valence-corrected chi connectivity index (χ1v) is 11.5. The third-order valence-electron chi connectivity index (χ3n) is 5.28. The minimum atomic E-state index is -0.519. The Kier molecular flexibility index (Phi) is 14.8. The van der Waals surface area contributed by atoms with E-state index in [4.69, 9.17) is 9.47 Å². The molecule has 0 amide bonds. The third-order valence-corrected chi connectivity index (χ3v) is 5.28. The Morgan fingerprint density at radius 1 is 0.655 bits per heavy atom. The second-order valence-electron chi connectivity index (χ2n) is 7.77. The number of carbonyl (C=O) groups excluding carboxylic acids is 2. The molecule has 29 heavy (non-hydrogen) atoms. The molecule has 0 aliphatic rings. The molecule has 164 valence electrons. The van der Waals surface area contributed by atoms with Gasteiger partial charge >= 0.3 is 11.9 Å². The maximum Gasteiger partial charge on any atom is 0.339 e. The molecule has 0 spiro atoms. The van der Waals surface area contributed by atoms with E-state index in [-0.39, 0.29) is 11.1 Å². The first-order chi connectivity index (χ1) is 14.2. The van der Waals surface area contributed by atoms with E-state index < -0.39 is 11.9 Å². The summed E-state index contributed by atoms with van der Waals surface area (Å²) in [6, 6.07) is 6.60. The number of hydrogen-bond acceptors (Lipinski definition) is 4. The monoisotopic (exact) mass is 404 g/mol. The van der Waals surface area contributed by atoms with Gasteiger partial charge in [0.25, 0.3) is 0 Å². The van der Waals surface area contributed by atoms with E-state index in [1.807, 2.05) is 0 Å². The second kappa shape index (κ2) is 17.1. The average Bonchev–Trinajstić information content (AvgIpc) is 2.75. The molecule has 1 rings (SSSR count). The van der Waals surface area contributed by atoms with E-state index in [1.165, 1.54) is 84.2 Å². The van der Waals surface area contributed by atoms with Gasteiger partial charge in [0.15, 0.2) is 0 Å². The Morgan fingerprint density at radius 2 is 1.07 bits per heavy atom. The van der Waals surface area contributed by atoms with Gasteiger partial charge in [0.2, 0.25) is 0 Å². The fourth-order valence-electron chi connectivity index (χ4n) is 3.49. The van der Waals surface area contributed by atoms with Crippen LogP contribution in [0.15, 0.2) is 24.3 Å². The van der Waals surface area contributed by atoms with Crippen molar-refractivity contribution < 1.29 is 19.1 Å². The van der Waals surface area contributed by atoms with Crippen LogP contribution in [-0.4, -0.2) is 25.7 Å². The zero-order valence-corrected chi connectivity index (χ0v) is 18.5. The quantitative estimate of drug-likeness (QED) is 0.205. The highest BCUT2D eigenvalue weighted by molar-refractivity contribution is 6.03. The second-order valence-corrected chi connectivity index (χ2v) is 7.77. The van der Waals surface area contributed by atoms with Crippen molar-refractivity contribution in [2.45, 2.75) is 96.8 Å². The van der Waals surface area contributed by atoms with Gasteiger partial charge in [-0.25, -0.2) is 9.59 Å². The molecule has 0 saturated heterocycles. The highest BCUT2D eigenvalue weighted by atomic mass is 16.5. The number of hydrogen-bond donors (Lipinski definition) is 0. The lowest BCUT2D eigenvalue weighted by molar-refractivity contribution is 0.0480. The highest BCUT2D eigenvalue weighted by Crippen LogP contribution is 2.14. The van der Waals surface area contributed by atoms with Crippen LogP contribution in [0.1, 0.15) is 118 Å². The summed E-state index contributed by atoms with van der Waals surface area (Å²) >= 11 is 0. The van der Waals surface area contributed by atoms with Crippen LogP contribution in [0, 0.1) is 0 Å². The van der Waals surface area contributed by atoms with E-state index in [1.54, 1.807) is 24.3 Å². The van der Waals surface area contributed by atoms with Crippen molar-refractivity contribution in [2.75, 3.05) is 13.7 Å². The Labute approximate surface area is 177 Å². The van der Waals surface area contributed by atoms with Crippen LogP contribution >= 0.6 is 0 Å². The zero-order chi connectivity index (χ0) is 21.2. The Bertz CT molecular complexity index is 568. The Hall–Kier alpha value is -1.84. The van der Waals surface area contributed by atoms with Crippen molar-refractivity contribution in [3.8, 4) is 0 Å². The molecule has 0 N–H and O–H groups in total. The molecule has 0 radical (unpaired) electrons. The molecule has 1 aromatic rings. The first-order valence-electron chi connectivity index (χ1n) is 11.5. The van der Waals surface area contributed by atoms with Gasteiger partial charge in [0.1, 0.15) is 0 Å². The molecular weight excluding hydrogens is 364 g/mol. The summed E-state index contributed by atoms with van der Waals surface area (Å²) in [6.45, 7) is 2.66. The van der Waals surface area contributed by atoms with Gasteiger partial charge in [-0.2, -0.15) is 0 Å². The molecule has 4 heteroatoms. The minimum absolute atomic E-state index is 0.251. The molecule has 4 nitrogen and oxygen atoms in total. The summed E-state index contributed by atoms with van der Waals surface area (Å²) < 4.78 is 10.0. The third kappa shape index (κ3) is 11.7. The van der Waals surface area contributed by atoms with Gasteiger partial charge < -0.3 is 9.47 Å². The topological polar surface area (TPSA) is 52.6 Å². The molecule has 0 aliphatic heterocycles.